The van der Waals surface area contributed by atoms with E-state index in [0.29, 0.717) is 6.54 Å². The summed E-state index contributed by atoms with van der Waals surface area (Å²) in [7, 11) is 1.82. The molecule has 0 aliphatic heterocycles. The average Bonchev–Trinajstić information content (AvgIpc) is 2.50. The van der Waals surface area contributed by atoms with Crippen LogP contribution in [0.1, 0.15) is 25.2 Å². The maximum Gasteiger partial charge on any atom is 0.321 e. The van der Waals surface area contributed by atoms with Gasteiger partial charge in [-0.25, -0.2) is 0 Å². The van der Waals surface area contributed by atoms with E-state index in [2.05, 4.69) is 0 Å². The Bertz CT molecular complexity index is 357. The van der Waals surface area contributed by atoms with Crippen LogP contribution in [0.3, 0.4) is 0 Å². The predicted molar refractivity (Wildman–Crippen MR) is 61.2 cm³/mol. The van der Waals surface area contributed by atoms with Gasteiger partial charge in [0.05, 0.1) is 6.26 Å². The molecule has 0 aromatic carbocycles. The second-order valence-corrected chi connectivity index (χ2v) is 4.44. The Labute approximate surface area is 95.9 Å². The fraction of sp³-hybridized carbons (Fsp3) is 0.583. The van der Waals surface area contributed by atoms with E-state index < -0.39 is 12.0 Å². The van der Waals surface area contributed by atoms with Crippen LogP contribution in [0, 0.1) is 12.8 Å². The molecule has 1 rings (SSSR count). The third-order valence-electron chi connectivity index (χ3n) is 2.75. The van der Waals surface area contributed by atoms with Crippen molar-refractivity contribution in [1.82, 2.24) is 4.90 Å². The fourth-order valence-electron chi connectivity index (χ4n) is 1.92. The molecule has 0 aliphatic carbocycles. The van der Waals surface area contributed by atoms with Crippen LogP contribution >= 0.6 is 0 Å². The first-order valence-electron chi connectivity index (χ1n) is 5.39. The van der Waals surface area contributed by atoms with E-state index in [1.165, 1.54) is 0 Å². The summed E-state index contributed by atoms with van der Waals surface area (Å²) in [6.45, 7) is 6.31. The molecule has 0 saturated carbocycles. The van der Waals surface area contributed by atoms with Gasteiger partial charge < -0.3 is 9.52 Å². The highest BCUT2D eigenvalue weighted by Gasteiger charge is 2.26. The molecule has 0 saturated heterocycles. The summed E-state index contributed by atoms with van der Waals surface area (Å²) in [5.41, 5.74) is 1.04. The number of furan rings is 1. The highest BCUT2D eigenvalue weighted by molar-refractivity contribution is 5.73. The van der Waals surface area contributed by atoms with Crippen molar-refractivity contribution >= 4 is 5.97 Å². The first-order chi connectivity index (χ1) is 7.43. The van der Waals surface area contributed by atoms with Crippen molar-refractivity contribution in [2.75, 3.05) is 7.05 Å². The monoisotopic (exact) mass is 225 g/mol. The summed E-state index contributed by atoms with van der Waals surface area (Å²) in [4.78, 5) is 13.0. The van der Waals surface area contributed by atoms with Crippen LogP contribution in [-0.2, 0) is 11.3 Å². The molecule has 1 aromatic rings. The van der Waals surface area contributed by atoms with E-state index in [0.717, 1.165) is 11.3 Å². The molecule has 0 radical (unpaired) electrons. The van der Waals surface area contributed by atoms with Crippen LogP contribution in [0.25, 0.3) is 0 Å². The van der Waals surface area contributed by atoms with Gasteiger partial charge in [-0.15, -0.1) is 0 Å². The molecule has 4 nitrogen and oxygen atoms in total. The Morgan fingerprint density at radius 1 is 1.56 bits per heavy atom. The zero-order chi connectivity index (χ0) is 12.3. The fourth-order valence-corrected chi connectivity index (χ4v) is 1.92. The Morgan fingerprint density at radius 2 is 2.19 bits per heavy atom. The largest absolute Gasteiger partial charge is 0.480 e. The van der Waals surface area contributed by atoms with Gasteiger partial charge in [-0.3, -0.25) is 9.69 Å². The zero-order valence-corrected chi connectivity index (χ0v) is 10.2. The van der Waals surface area contributed by atoms with Gasteiger partial charge in [0.15, 0.2) is 0 Å². The molecule has 1 atom stereocenters. The topological polar surface area (TPSA) is 53.7 Å². The Balaban J connectivity index is 2.73. The lowest BCUT2D eigenvalue weighted by atomic mass is 10.0. The number of carbonyl (C=O) groups is 1. The van der Waals surface area contributed by atoms with Gasteiger partial charge in [-0.2, -0.15) is 0 Å². The van der Waals surface area contributed by atoms with Crippen molar-refractivity contribution in [3.05, 3.63) is 23.7 Å². The minimum Gasteiger partial charge on any atom is -0.480 e. The van der Waals surface area contributed by atoms with E-state index in [-0.39, 0.29) is 5.92 Å². The van der Waals surface area contributed by atoms with Crippen LogP contribution in [0.2, 0.25) is 0 Å². The van der Waals surface area contributed by atoms with Crippen molar-refractivity contribution in [1.29, 1.82) is 0 Å². The van der Waals surface area contributed by atoms with Crippen molar-refractivity contribution in [3.8, 4) is 0 Å². The molecule has 1 unspecified atom stereocenters. The maximum atomic E-state index is 11.1. The van der Waals surface area contributed by atoms with Crippen molar-refractivity contribution in [3.63, 3.8) is 0 Å². The second kappa shape index (κ2) is 5.16. The highest BCUT2D eigenvalue weighted by Crippen LogP contribution is 2.16. The molecule has 0 amide bonds. The minimum atomic E-state index is -0.779. The van der Waals surface area contributed by atoms with Gasteiger partial charge in [0, 0.05) is 12.1 Å². The summed E-state index contributed by atoms with van der Waals surface area (Å²) >= 11 is 0. The molecule has 4 heteroatoms. The summed E-state index contributed by atoms with van der Waals surface area (Å²) < 4.78 is 5.19. The molecule has 0 bridgehead atoms. The zero-order valence-electron chi connectivity index (χ0n) is 10.2. The number of nitrogens with zero attached hydrogens (tertiary/aromatic N) is 1. The smallest absolute Gasteiger partial charge is 0.321 e. The Hall–Kier alpha value is -1.29. The standard InChI is InChI=1S/C12H19NO3/c1-8(2)11(12(14)15)13(4)7-10-5-6-16-9(10)3/h5-6,8,11H,7H2,1-4H3,(H,14,15). The lowest BCUT2D eigenvalue weighted by molar-refractivity contribution is -0.144. The maximum absolute atomic E-state index is 11.1. The van der Waals surface area contributed by atoms with E-state index >= 15 is 0 Å². The summed E-state index contributed by atoms with van der Waals surface area (Å²) in [5, 5.41) is 9.15. The van der Waals surface area contributed by atoms with Gasteiger partial charge in [-0.05, 0) is 26.0 Å². The number of likely N-dealkylation sites (N-methyl/N-ethyl adjacent to an activating group) is 1. The van der Waals surface area contributed by atoms with Crippen LogP contribution in [0.4, 0.5) is 0 Å². The lowest BCUT2D eigenvalue weighted by Gasteiger charge is -2.27. The number of hydrogen-bond donors (Lipinski definition) is 1. The Morgan fingerprint density at radius 3 is 2.56 bits per heavy atom. The van der Waals surface area contributed by atoms with Gasteiger partial charge in [0.25, 0.3) is 0 Å². The summed E-state index contributed by atoms with van der Waals surface area (Å²) in [6, 6.07) is 1.42. The molecule has 1 N–H and O–H groups in total. The first-order valence-corrected chi connectivity index (χ1v) is 5.39. The normalized spacial score (nSPS) is 13.4. The van der Waals surface area contributed by atoms with Crippen molar-refractivity contribution < 1.29 is 14.3 Å². The van der Waals surface area contributed by atoms with Crippen LogP contribution in [0.5, 0.6) is 0 Å². The number of carboxylic acids is 1. The number of aryl methyl sites for hydroxylation is 1. The third-order valence-corrected chi connectivity index (χ3v) is 2.75. The van der Waals surface area contributed by atoms with E-state index in [1.807, 2.05) is 38.8 Å². The van der Waals surface area contributed by atoms with Gasteiger partial charge in [-0.1, -0.05) is 13.8 Å². The van der Waals surface area contributed by atoms with Gasteiger partial charge >= 0.3 is 5.97 Å². The van der Waals surface area contributed by atoms with E-state index in [1.54, 1.807) is 6.26 Å². The number of rotatable bonds is 5. The highest BCUT2D eigenvalue weighted by atomic mass is 16.4. The second-order valence-electron chi connectivity index (χ2n) is 4.44. The van der Waals surface area contributed by atoms with Gasteiger partial charge in [0.1, 0.15) is 11.8 Å². The van der Waals surface area contributed by atoms with Crippen LogP contribution < -0.4 is 0 Å². The molecule has 1 heterocycles. The quantitative estimate of drug-likeness (QED) is 0.834. The van der Waals surface area contributed by atoms with E-state index in [9.17, 15) is 4.79 Å². The number of hydrogen-bond acceptors (Lipinski definition) is 3. The first kappa shape index (κ1) is 12.8. The Kier molecular flexibility index (Phi) is 4.12. The SMILES string of the molecule is Cc1occc1CN(C)C(C(=O)O)C(C)C. The van der Waals surface area contributed by atoms with Crippen molar-refractivity contribution in [2.24, 2.45) is 5.92 Å². The average molecular weight is 225 g/mol. The molecule has 0 fully saturated rings. The molecule has 16 heavy (non-hydrogen) atoms. The summed E-state index contributed by atoms with van der Waals surface area (Å²) in [5.74, 6) is 0.146. The van der Waals surface area contributed by atoms with E-state index in [4.69, 9.17) is 9.52 Å². The lowest BCUT2D eigenvalue weighted by Crippen LogP contribution is -2.41. The molecule has 0 spiro atoms. The van der Waals surface area contributed by atoms with Crippen LogP contribution in [0.15, 0.2) is 16.7 Å². The third kappa shape index (κ3) is 2.85. The molecular formula is C12H19NO3. The van der Waals surface area contributed by atoms with Crippen molar-refractivity contribution in [2.45, 2.75) is 33.4 Å². The predicted octanol–water partition coefficient (Wildman–Crippen LogP) is 2.13. The number of aliphatic carboxylic acids is 1. The van der Waals surface area contributed by atoms with Crippen LogP contribution in [-0.4, -0.2) is 29.1 Å². The minimum absolute atomic E-state index is 0.0784. The van der Waals surface area contributed by atoms with Gasteiger partial charge in [0.2, 0.25) is 0 Å². The molecule has 0 aliphatic rings. The number of carboxylic acid groups (broad SMARTS) is 1. The molecule has 90 valence electrons. The molecular weight excluding hydrogens is 206 g/mol. The summed E-state index contributed by atoms with van der Waals surface area (Å²) in [6.07, 6.45) is 1.63. The molecule has 1 aromatic heterocycles.